The Labute approximate surface area is 85.5 Å². The van der Waals surface area contributed by atoms with Crippen LogP contribution in [0.2, 0.25) is 0 Å². The fourth-order valence-corrected chi connectivity index (χ4v) is 1.79. The van der Waals surface area contributed by atoms with Crippen LogP contribution in [0.4, 0.5) is 0 Å². The largest absolute Gasteiger partial charge is 0.411 e. The van der Waals surface area contributed by atoms with Crippen molar-refractivity contribution < 1.29 is 9.94 Å². The Morgan fingerprint density at radius 2 is 2.14 bits per heavy atom. The zero-order valence-corrected chi connectivity index (χ0v) is 9.07. The summed E-state index contributed by atoms with van der Waals surface area (Å²) in [5.41, 5.74) is 0.931. The molecule has 14 heavy (non-hydrogen) atoms. The first kappa shape index (κ1) is 11.5. The second-order valence-electron chi connectivity index (χ2n) is 3.83. The molecule has 1 aliphatic rings. The minimum Gasteiger partial charge on any atom is -0.411 e. The van der Waals surface area contributed by atoms with Crippen LogP contribution in [0.1, 0.15) is 26.2 Å². The number of rotatable bonds is 4. The summed E-state index contributed by atoms with van der Waals surface area (Å²) in [6.45, 7) is 5.05. The average Bonchev–Trinajstić information content (AvgIpc) is 2.26. The van der Waals surface area contributed by atoms with E-state index in [-0.39, 0.29) is 0 Å². The van der Waals surface area contributed by atoms with Gasteiger partial charge in [-0.25, -0.2) is 0 Å². The summed E-state index contributed by atoms with van der Waals surface area (Å²) in [5, 5.41) is 11.9. The molecule has 4 heteroatoms. The van der Waals surface area contributed by atoms with Gasteiger partial charge < -0.3 is 9.94 Å². The molecule has 0 aromatic carbocycles. The van der Waals surface area contributed by atoms with Crippen LogP contribution in [0.3, 0.4) is 0 Å². The molecule has 1 heterocycles. The Bertz CT molecular complexity index is 185. The average molecular weight is 200 g/mol. The zero-order valence-electron chi connectivity index (χ0n) is 9.07. The van der Waals surface area contributed by atoms with Crippen LogP contribution in [0.5, 0.6) is 0 Å². The molecule has 0 aliphatic carbocycles. The van der Waals surface area contributed by atoms with Gasteiger partial charge >= 0.3 is 0 Å². The van der Waals surface area contributed by atoms with Crippen molar-refractivity contribution in [3.63, 3.8) is 0 Å². The molecule has 1 atom stereocenters. The van der Waals surface area contributed by atoms with Crippen LogP contribution in [-0.2, 0) is 4.74 Å². The van der Waals surface area contributed by atoms with Crippen molar-refractivity contribution in [1.82, 2.24) is 4.90 Å². The molecular weight excluding hydrogens is 180 g/mol. The summed E-state index contributed by atoms with van der Waals surface area (Å²) in [5.74, 6) is 0. The standard InChI is InChI=1S/C10H20N2O2/c1-9(5-8-14-2)12-6-3-10(11-13)4-7-12/h9,13H,3-8H2,1-2H3. The molecular formula is C10H20N2O2. The molecule has 1 saturated heterocycles. The van der Waals surface area contributed by atoms with Gasteiger partial charge in [0.05, 0.1) is 5.71 Å². The fourth-order valence-electron chi connectivity index (χ4n) is 1.79. The summed E-state index contributed by atoms with van der Waals surface area (Å²) in [4.78, 5) is 2.42. The van der Waals surface area contributed by atoms with Gasteiger partial charge in [-0.05, 0) is 13.3 Å². The molecule has 1 unspecified atom stereocenters. The molecule has 0 bridgehead atoms. The predicted octanol–water partition coefficient (Wildman–Crippen LogP) is 1.34. The lowest BCUT2D eigenvalue weighted by Crippen LogP contribution is -2.40. The van der Waals surface area contributed by atoms with Gasteiger partial charge in [-0.15, -0.1) is 0 Å². The number of nitrogens with zero attached hydrogens (tertiary/aromatic N) is 2. The van der Waals surface area contributed by atoms with Crippen molar-refractivity contribution in [3.8, 4) is 0 Å². The zero-order chi connectivity index (χ0) is 10.4. The van der Waals surface area contributed by atoms with Crippen molar-refractivity contribution in [3.05, 3.63) is 0 Å². The number of methoxy groups -OCH3 is 1. The number of likely N-dealkylation sites (tertiary alicyclic amines) is 1. The van der Waals surface area contributed by atoms with Gasteiger partial charge in [-0.3, -0.25) is 4.90 Å². The molecule has 1 aliphatic heterocycles. The minimum atomic E-state index is 0.565. The van der Waals surface area contributed by atoms with Crippen molar-refractivity contribution in [1.29, 1.82) is 0 Å². The smallest absolute Gasteiger partial charge is 0.0596 e. The molecule has 4 nitrogen and oxygen atoms in total. The van der Waals surface area contributed by atoms with E-state index in [4.69, 9.17) is 9.94 Å². The number of oxime groups is 1. The van der Waals surface area contributed by atoms with E-state index >= 15 is 0 Å². The van der Waals surface area contributed by atoms with E-state index < -0.39 is 0 Å². The maximum atomic E-state index is 8.61. The SMILES string of the molecule is COCCC(C)N1CCC(=NO)CC1. The molecule has 1 rings (SSSR count). The van der Waals surface area contributed by atoms with Crippen LogP contribution in [0.25, 0.3) is 0 Å². The monoisotopic (exact) mass is 200 g/mol. The third kappa shape index (κ3) is 3.27. The summed E-state index contributed by atoms with van der Waals surface area (Å²) in [6.07, 6.45) is 2.86. The first-order valence-corrected chi connectivity index (χ1v) is 5.20. The van der Waals surface area contributed by atoms with E-state index in [0.29, 0.717) is 6.04 Å². The lowest BCUT2D eigenvalue weighted by Gasteiger charge is -2.32. The maximum absolute atomic E-state index is 8.61. The Hall–Kier alpha value is -0.610. The Morgan fingerprint density at radius 1 is 1.50 bits per heavy atom. The lowest BCUT2D eigenvalue weighted by molar-refractivity contribution is 0.136. The number of hydrogen-bond acceptors (Lipinski definition) is 4. The van der Waals surface area contributed by atoms with Gasteiger partial charge in [-0.1, -0.05) is 5.16 Å². The third-order valence-electron chi connectivity index (χ3n) is 2.88. The van der Waals surface area contributed by atoms with Crippen LogP contribution in [0.15, 0.2) is 5.16 Å². The van der Waals surface area contributed by atoms with Gasteiger partial charge in [0.1, 0.15) is 0 Å². The Balaban J connectivity index is 2.26. The van der Waals surface area contributed by atoms with Crippen molar-refractivity contribution in [2.75, 3.05) is 26.8 Å². The summed E-state index contributed by atoms with van der Waals surface area (Å²) >= 11 is 0. The maximum Gasteiger partial charge on any atom is 0.0596 e. The summed E-state index contributed by atoms with van der Waals surface area (Å²) in [6, 6.07) is 0.565. The van der Waals surface area contributed by atoms with Crippen molar-refractivity contribution >= 4 is 5.71 Å². The molecule has 0 aromatic rings. The highest BCUT2D eigenvalue weighted by atomic mass is 16.5. The van der Waals surface area contributed by atoms with E-state index in [1.54, 1.807) is 7.11 Å². The Kier molecular flexibility index (Phi) is 4.90. The van der Waals surface area contributed by atoms with Crippen LogP contribution >= 0.6 is 0 Å². The number of ether oxygens (including phenoxy) is 1. The van der Waals surface area contributed by atoms with Gasteiger partial charge in [0.25, 0.3) is 0 Å². The number of hydrogen-bond donors (Lipinski definition) is 1. The third-order valence-corrected chi connectivity index (χ3v) is 2.88. The van der Waals surface area contributed by atoms with Crippen molar-refractivity contribution in [2.45, 2.75) is 32.2 Å². The topological polar surface area (TPSA) is 45.1 Å². The normalized spacial score (nSPS) is 20.9. The molecule has 0 radical (unpaired) electrons. The second kappa shape index (κ2) is 5.98. The van der Waals surface area contributed by atoms with Crippen LogP contribution in [-0.4, -0.2) is 48.7 Å². The minimum absolute atomic E-state index is 0.565. The molecule has 0 aromatic heterocycles. The lowest BCUT2D eigenvalue weighted by atomic mass is 10.1. The highest BCUT2D eigenvalue weighted by Gasteiger charge is 2.19. The fraction of sp³-hybridized carbons (Fsp3) is 0.900. The predicted molar refractivity (Wildman–Crippen MR) is 56.0 cm³/mol. The van der Waals surface area contributed by atoms with Crippen molar-refractivity contribution in [2.24, 2.45) is 5.16 Å². The van der Waals surface area contributed by atoms with Gasteiger partial charge in [0, 0.05) is 45.7 Å². The van der Waals surface area contributed by atoms with E-state index in [0.717, 1.165) is 44.7 Å². The number of piperidine rings is 1. The van der Waals surface area contributed by atoms with Gasteiger partial charge in [0.15, 0.2) is 0 Å². The second-order valence-corrected chi connectivity index (χ2v) is 3.83. The quantitative estimate of drug-likeness (QED) is 0.550. The highest BCUT2D eigenvalue weighted by Crippen LogP contribution is 2.12. The van der Waals surface area contributed by atoms with Gasteiger partial charge in [-0.2, -0.15) is 0 Å². The van der Waals surface area contributed by atoms with Gasteiger partial charge in [0.2, 0.25) is 0 Å². The molecule has 1 fully saturated rings. The van der Waals surface area contributed by atoms with E-state index in [1.165, 1.54) is 0 Å². The van der Waals surface area contributed by atoms with E-state index in [1.807, 2.05) is 0 Å². The molecule has 0 saturated carbocycles. The molecule has 0 amide bonds. The first-order valence-electron chi connectivity index (χ1n) is 5.20. The molecule has 1 N–H and O–H groups in total. The highest BCUT2D eigenvalue weighted by molar-refractivity contribution is 5.84. The molecule has 0 spiro atoms. The van der Waals surface area contributed by atoms with E-state index in [9.17, 15) is 0 Å². The summed E-state index contributed by atoms with van der Waals surface area (Å²) in [7, 11) is 1.74. The van der Waals surface area contributed by atoms with Crippen LogP contribution in [0, 0.1) is 0 Å². The van der Waals surface area contributed by atoms with E-state index in [2.05, 4.69) is 17.0 Å². The van der Waals surface area contributed by atoms with Crippen LogP contribution < -0.4 is 0 Å². The first-order chi connectivity index (χ1) is 6.77. The summed E-state index contributed by atoms with van der Waals surface area (Å²) < 4.78 is 5.06. The Morgan fingerprint density at radius 3 is 2.64 bits per heavy atom. The molecule has 82 valence electrons.